The summed E-state index contributed by atoms with van der Waals surface area (Å²) in [5.41, 5.74) is 2.58. The minimum absolute atomic E-state index is 0.0417. The number of benzene rings is 1. The van der Waals surface area contributed by atoms with Gasteiger partial charge < -0.3 is 10.0 Å². The first-order chi connectivity index (χ1) is 10.1. The summed E-state index contributed by atoms with van der Waals surface area (Å²) in [6, 6.07) is 8.75. The lowest BCUT2D eigenvalue weighted by Gasteiger charge is -2.43. The van der Waals surface area contributed by atoms with Gasteiger partial charge in [-0.15, -0.1) is 0 Å². The number of rotatable bonds is 5. The second-order valence-electron chi connectivity index (χ2n) is 6.80. The zero-order valence-electron chi connectivity index (χ0n) is 13.9. The van der Waals surface area contributed by atoms with Gasteiger partial charge in [0.25, 0.3) is 0 Å². The van der Waals surface area contributed by atoms with Crippen LogP contribution in [0.25, 0.3) is 0 Å². The normalized spacial score (nSPS) is 20.2. The molecule has 1 atom stereocenters. The van der Waals surface area contributed by atoms with Crippen LogP contribution in [-0.2, 0) is 12.8 Å². The SMILES string of the molecule is CCc1ccc(CC(O)C2(N(C)C)CCCCCC2)cc1. The molecule has 2 heteroatoms. The van der Waals surface area contributed by atoms with E-state index in [0.29, 0.717) is 0 Å². The summed E-state index contributed by atoms with van der Waals surface area (Å²) >= 11 is 0. The Morgan fingerprint density at radius 3 is 2.00 bits per heavy atom. The molecule has 0 aliphatic heterocycles. The van der Waals surface area contributed by atoms with E-state index in [-0.39, 0.29) is 11.6 Å². The Labute approximate surface area is 130 Å². The summed E-state index contributed by atoms with van der Waals surface area (Å²) in [4.78, 5) is 2.28. The number of aliphatic hydroxyl groups is 1. The summed E-state index contributed by atoms with van der Waals surface area (Å²) in [7, 11) is 4.27. The minimum Gasteiger partial charge on any atom is -0.391 e. The van der Waals surface area contributed by atoms with E-state index in [2.05, 4.69) is 50.2 Å². The van der Waals surface area contributed by atoms with Crippen molar-refractivity contribution in [2.75, 3.05) is 14.1 Å². The Morgan fingerprint density at radius 1 is 1.00 bits per heavy atom. The zero-order chi connectivity index (χ0) is 15.3. The lowest BCUT2D eigenvalue weighted by Crippen LogP contribution is -2.54. The number of hydrogen-bond acceptors (Lipinski definition) is 2. The molecule has 0 aromatic heterocycles. The predicted octanol–water partition coefficient (Wildman–Crippen LogP) is 3.81. The van der Waals surface area contributed by atoms with Crippen LogP contribution in [0.15, 0.2) is 24.3 Å². The van der Waals surface area contributed by atoms with Crippen molar-refractivity contribution in [2.45, 2.75) is 69.9 Å². The van der Waals surface area contributed by atoms with Crippen molar-refractivity contribution in [1.82, 2.24) is 4.90 Å². The summed E-state index contributed by atoms with van der Waals surface area (Å²) in [6.45, 7) is 2.18. The highest BCUT2D eigenvalue weighted by molar-refractivity contribution is 5.23. The van der Waals surface area contributed by atoms with Crippen LogP contribution in [0, 0.1) is 0 Å². The average Bonchev–Trinajstić information content (AvgIpc) is 2.75. The Balaban J connectivity index is 2.11. The summed E-state index contributed by atoms with van der Waals surface area (Å²) in [6.07, 6.45) is 8.91. The number of aliphatic hydroxyl groups excluding tert-OH is 1. The van der Waals surface area contributed by atoms with Crippen molar-refractivity contribution in [3.05, 3.63) is 35.4 Å². The maximum Gasteiger partial charge on any atom is 0.0763 e. The molecule has 1 aromatic rings. The molecule has 0 bridgehead atoms. The third kappa shape index (κ3) is 3.87. The lowest BCUT2D eigenvalue weighted by atomic mass is 9.80. The van der Waals surface area contributed by atoms with Gasteiger partial charge >= 0.3 is 0 Å². The van der Waals surface area contributed by atoms with Crippen LogP contribution >= 0.6 is 0 Å². The molecule has 0 heterocycles. The molecule has 2 nitrogen and oxygen atoms in total. The third-order valence-electron chi connectivity index (χ3n) is 5.34. The first-order valence-electron chi connectivity index (χ1n) is 8.52. The highest BCUT2D eigenvalue weighted by atomic mass is 16.3. The van der Waals surface area contributed by atoms with E-state index in [4.69, 9.17) is 0 Å². The molecule has 1 aliphatic rings. The van der Waals surface area contributed by atoms with Gasteiger partial charge in [-0.25, -0.2) is 0 Å². The van der Waals surface area contributed by atoms with Gasteiger partial charge in [-0.05, 0) is 44.5 Å². The molecule has 1 N–H and O–H groups in total. The zero-order valence-corrected chi connectivity index (χ0v) is 13.9. The molecule has 0 amide bonds. The van der Waals surface area contributed by atoms with Gasteiger partial charge in [0.1, 0.15) is 0 Å². The minimum atomic E-state index is -0.280. The van der Waals surface area contributed by atoms with Crippen molar-refractivity contribution in [1.29, 1.82) is 0 Å². The van der Waals surface area contributed by atoms with Crippen LogP contribution < -0.4 is 0 Å². The van der Waals surface area contributed by atoms with E-state index < -0.39 is 0 Å². The Morgan fingerprint density at radius 2 is 1.52 bits per heavy atom. The van der Waals surface area contributed by atoms with E-state index in [0.717, 1.165) is 25.7 Å². The van der Waals surface area contributed by atoms with Crippen LogP contribution in [0.3, 0.4) is 0 Å². The van der Waals surface area contributed by atoms with Gasteiger partial charge in [-0.1, -0.05) is 56.9 Å². The monoisotopic (exact) mass is 289 g/mol. The maximum atomic E-state index is 11.0. The quantitative estimate of drug-likeness (QED) is 0.833. The number of nitrogens with zero attached hydrogens (tertiary/aromatic N) is 1. The molecule has 0 spiro atoms. The summed E-state index contributed by atoms with van der Waals surface area (Å²) in [5.74, 6) is 0. The molecule has 1 unspecified atom stereocenters. The van der Waals surface area contributed by atoms with Gasteiger partial charge in [-0.2, -0.15) is 0 Å². The van der Waals surface area contributed by atoms with Crippen molar-refractivity contribution >= 4 is 0 Å². The first kappa shape index (κ1) is 16.5. The van der Waals surface area contributed by atoms with E-state index in [1.54, 1.807) is 0 Å². The molecule has 1 saturated carbocycles. The maximum absolute atomic E-state index is 11.0. The van der Waals surface area contributed by atoms with Gasteiger partial charge in [0.2, 0.25) is 0 Å². The summed E-state index contributed by atoms with van der Waals surface area (Å²) in [5, 5.41) is 11.0. The number of aryl methyl sites for hydroxylation is 1. The van der Waals surface area contributed by atoms with Crippen LogP contribution in [0.5, 0.6) is 0 Å². The fourth-order valence-corrected chi connectivity index (χ4v) is 3.74. The van der Waals surface area contributed by atoms with Gasteiger partial charge in [0.15, 0.2) is 0 Å². The molecule has 21 heavy (non-hydrogen) atoms. The van der Waals surface area contributed by atoms with E-state index in [9.17, 15) is 5.11 Å². The van der Waals surface area contributed by atoms with Crippen LogP contribution in [-0.4, -0.2) is 35.7 Å². The fraction of sp³-hybridized carbons (Fsp3) is 0.684. The molecule has 0 radical (unpaired) electrons. The third-order valence-corrected chi connectivity index (χ3v) is 5.34. The Hall–Kier alpha value is -0.860. The van der Waals surface area contributed by atoms with E-state index >= 15 is 0 Å². The molecule has 0 saturated heterocycles. The largest absolute Gasteiger partial charge is 0.391 e. The van der Waals surface area contributed by atoms with Crippen LogP contribution in [0.2, 0.25) is 0 Å². The van der Waals surface area contributed by atoms with Gasteiger partial charge in [-0.3, -0.25) is 0 Å². The average molecular weight is 289 g/mol. The van der Waals surface area contributed by atoms with Crippen LogP contribution in [0.1, 0.15) is 56.6 Å². The second kappa shape index (κ2) is 7.42. The highest BCUT2D eigenvalue weighted by Gasteiger charge is 2.39. The Kier molecular flexibility index (Phi) is 5.83. The first-order valence-corrected chi connectivity index (χ1v) is 8.52. The standard InChI is InChI=1S/C19H31NO/c1-4-16-9-11-17(12-10-16)15-18(21)19(20(2)3)13-7-5-6-8-14-19/h9-12,18,21H,4-8,13-15H2,1-3H3. The van der Waals surface area contributed by atoms with Crippen LogP contribution in [0.4, 0.5) is 0 Å². The number of hydrogen-bond donors (Lipinski definition) is 1. The van der Waals surface area contributed by atoms with Crippen molar-refractivity contribution in [3.63, 3.8) is 0 Å². The van der Waals surface area contributed by atoms with Crippen molar-refractivity contribution in [2.24, 2.45) is 0 Å². The van der Waals surface area contributed by atoms with Crippen molar-refractivity contribution in [3.8, 4) is 0 Å². The summed E-state index contributed by atoms with van der Waals surface area (Å²) < 4.78 is 0. The molecule has 1 aromatic carbocycles. The molecule has 2 rings (SSSR count). The fourth-order valence-electron chi connectivity index (χ4n) is 3.74. The topological polar surface area (TPSA) is 23.5 Å². The Bertz CT molecular complexity index is 416. The predicted molar refractivity (Wildman–Crippen MR) is 89.7 cm³/mol. The molecular weight excluding hydrogens is 258 g/mol. The molecular formula is C19H31NO. The molecule has 1 fully saturated rings. The second-order valence-corrected chi connectivity index (χ2v) is 6.80. The lowest BCUT2D eigenvalue weighted by molar-refractivity contribution is -0.0174. The van der Waals surface area contributed by atoms with Crippen molar-refractivity contribution < 1.29 is 5.11 Å². The van der Waals surface area contributed by atoms with Gasteiger partial charge in [0.05, 0.1) is 6.10 Å². The van der Waals surface area contributed by atoms with E-state index in [1.165, 1.54) is 36.8 Å². The highest BCUT2D eigenvalue weighted by Crippen LogP contribution is 2.35. The smallest absolute Gasteiger partial charge is 0.0763 e. The number of likely N-dealkylation sites (N-methyl/N-ethyl adjacent to an activating group) is 1. The molecule has 118 valence electrons. The van der Waals surface area contributed by atoms with E-state index in [1.807, 2.05) is 0 Å². The van der Waals surface area contributed by atoms with Gasteiger partial charge in [0, 0.05) is 12.0 Å². The molecule has 1 aliphatic carbocycles.